The van der Waals surface area contributed by atoms with Crippen molar-refractivity contribution in [1.29, 1.82) is 0 Å². The van der Waals surface area contributed by atoms with Crippen molar-refractivity contribution < 1.29 is 22.0 Å². The number of anilines is 1. The number of urea groups is 1. The van der Waals surface area contributed by atoms with Gasteiger partial charge in [0.15, 0.2) is 0 Å². The maximum absolute atomic E-state index is 13.6. The van der Waals surface area contributed by atoms with Crippen molar-refractivity contribution in [3.8, 4) is 0 Å². The number of hydrogen-bond donors (Lipinski definition) is 0. The van der Waals surface area contributed by atoms with E-state index in [2.05, 4.69) is 0 Å². The predicted molar refractivity (Wildman–Crippen MR) is 138 cm³/mol. The van der Waals surface area contributed by atoms with E-state index in [1.54, 1.807) is 24.1 Å². The minimum Gasteiger partial charge on any atom is -0.325 e. The third-order valence-corrected chi connectivity index (χ3v) is 9.26. The normalized spacial score (nSPS) is 16.8. The third-order valence-electron chi connectivity index (χ3n) is 7.49. The second kappa shape index (κ2) is 9.78. The fourth-order valence-corrected chi connectivity index (χ4v) is 7.00. The molecule has 5 rings (SSSR count). The molecule has 0 bridgehead atoms. The number of halogens is 2. The van der Waals surface area contributed by atoms with E-state index in [9.17, 15) is 22.0 Å². The van der Waals surface area contributed by atoms with Crippen molar-refractivity contribution in [3.05, 3.63) is 95.6 Å². The molecule has 1 fully saturated rings. The summed E-state index contributed by atoms with van der Waals surface area (Å²) in [4.78, 5) is 16.6. The molecule has 6 nitrogen and oxygen atoms in total. The molecule has 2 heterocycles. The van der Waals surface area contributed by atoms with Crippen LogP contribution in [0.15, 0.2) is 83.8 Å². The number of nitrogens with zero attached hydrogens (tertiary/aromatic N) is 3. The molecular formula is C28H29F2N3O3S. The second-order valence-electron chi connectivity index (χ2n) is 9.79. The lowest BCUT2D eigenvalue weighted by atomic mass is 9.74. The fraction of sp³-hybridized carbons (Fsp3) is 0.321. The lowest BCUT2D eigenvalue weighted by molar-refractivity contribution is 0.133. The van der Waals surface area contributed by atoms with E-state index in [0.717, 1.165) is 23.3 Å². The van der Waals surface area contributed by atoms with Crippen molar-refractivity contribution in [2.24, 2.45) is 0 Å². The van der Waals surface area contributed by atoms with E-state index in [1.807, 2.05) is 47.4 Å². The first-order chi connectivity index (χ1) is 17.7. The Morgan fingerprint density at radius 3 is 2.22 bits per heavy atom. The summed E-state index contributed by atoms with van der Waals surface area (Å²) in [5, 5.41) is 0. The first-order valence-corrected chi connectivity index (χ1v) is 13.7. The van der Waals surface area contributed by atoms with Crippen LogP contribution in [-0.4, -0.2) is 50.9 Å². The third kappa shape index (κ3) is 4.68. The van der Waals surface area contributed by atoms with Crippen LogP contribution in [0.5, 0.6) is 0 Å². The highest BCUT2D eigenvalue weighted by Gasteiger charge is 2.48. The largest absolute Gasteiger partial charge is 0.325 e. The average molecular weight is 526 g/mol. The quantitative estimate of drug-likeness (QED) is 0.447. The Morgan fingerprint density at radius 1 is 0.946 bits per heavy atom. The lowest BCUT2D eigenvalue weighted by Gasteiger charge is -2.41. The van der Waals surface area contributed by atoms with Crippen molar-refractivity contribution >= 4 is 21.7 Å². The fourth-order valence-electron chi connectivity index (χ4n) is 5.43. The molecule has 9 heteroatoms. The summed E-state index contributed by atoms with van der Waals surface area (Å²) in [6.45, 7) is 1.81. The van der Waals surface area contributed by atoms with Gasteiger partial charge >= 0.3 is 6.03 Å². The molecule has 0 atom stereocenters. The zero-order chi connectivity index (χ0) is 26.2. The van der Waals surface area contributed by atoms with Gasteiger partial charge in [-0.15, -0.1) is 0 Å². The first-order valence-electron chi connectivity index (χ1n) is 12.3. The van der Waals surface area contributed by atoms with Gasteiger partial charge in [-0.25, -0.2) is 22.0 Å². The number of alkyl halides is 2. The molecule has 0 radical (unpaired) electrons. The molecule has 2 amide bonds. The Morgan fingerprint density at radius 2 is 1.57 bits per heavy atom. The van der Waals surface area contributed by atoms with Crippen LogP contribution in [0.1, 0.15) is 36.0 Å². The molecule has 194 valence electrons. The molecular weight excluding hydrogens is 496 g/mol. The molecule has 1 saturated heterocycles. The number of likely N-dealkylation sites (tertiary alicyclic amines) is 1. The van der Waals surface area contributed by atoms with E-state index in [4.69, 9.17) is 0 Å². The number of benzene rings is 3. The SMILES string of the molecule is CN(Cc1ccccc1)C(=O)N1CCC2(CC1)CN(S(=O)(=O)c1ccc(C(F)F)cc1)c1ccccc12. The van der Waals surface area contributed by atoms with Gasteiger partial charge in [-0.3, -0.25) is 4.31 Å². The van der Waals surface area contributed by atoms with E-state index in [0.29, 0.717) is 38.2 Å². The molecule has 0 unspecified atom stereocenters. The molecule has 0 aliphatic carbocycles. The number of sulfonamides is 1. The van der Waals surface area contributed by atoms with E-state index in [1.165, 1.54) is 16.4 Å². The standard InChI is InChI=1S/C28H29F2N3O3S/c1-31(19-21-7-3-2-4-8-21)27(34)32-17-15-28(16-18-32)20-33(25-10-6-5-9-24(25)28)37(35,36)23-13-11-22(12-14-23)26(29)30/h2-14,26H,15-20H2,1H3. The van der Waals surface area contributed by atoms with Crippen molar-refractivity contribution in [2.75, 3.05) is 31.0 Å². The second-order valence-corrected chi connectivity index (χ2v) is 11.7. The number of rotatable bonds is 5. The Balaban J connectivity index is 1.34. The molecule has 3 aromatic carbocycles. The number of para-hydroxylation sites is 1. The molecule has 3 aromatic rings. The van der Waals surface area contributed by atoms with Gasteiger partial charge in [-0.1, -0.05) is 60.7 Å². The monoisotopic (exact) mass is 525 g/mol. The predicted octanol–water partition coefficient (Wildman–Crippen LogP) is 5.42. The maximum atomic E-state index is 13.6. The number of carbonyl (C=O) groups is 1. The molecule has 0 saturated carbocycles. The summed E-state index contributed by atoms with van der Waals surface area (Å²) >= 11 is 0. The van der Waals surface area contributed by atoms with Crippen LogP contribution in [0.4, 0.5) is 19.3 Å². The Hall–Kier alpha value is -3.46. The van der Waals surface area contributed by atoms with Gasteiger partial charge in [0.1, 0.15) is 0 Å². The molecule has 1 spiro atoms. The summed E-state index contributed by atoms with van der Waals surface area (Å²) in [5.41, 5.74) is 1.99. The Bertz CT molecular complexity index is 1370. The summed E-state index contributed by atoms with van der Waals surface area (Å²) in [6, 6.07) is 22.0. The minimum absolute atomic E-state index is 0.0149. The summed E-state index contributed by atoms with van der Waals surface area (Å²) < 4.78 is 54.6. The highest BCUT2D eigenvalue weighted by Crippen LogP contribution is 2.48. The van der Waals surface area contributed by atoms with Gasteiger partial charge < -0.3 is 9.80 Å². The van der Waals surface area contributed by atoms with Gasteiger partial charge in [0, 0.05) is 44.2 Å². The highest BCUT2D eigenvalue weighted by molar-refractivity contribution is 7.92. The first kappa shape index (κ1) is 25.2. The van der Waals surface area contributed by atoms with Gasteiger partial charge in [-0.2, -0.15) is 0 Å². The van der Waals surface area contributed by atoms with Crippen LogP contribution in [0.2, 0.25) is 0 Å². The summed E-state index contributed by atoms with van der Waals surface area (Å²) in [7, 11) is -2.16. The zero-order valence-electron chi connectivity index (χ0n) is 20.6. The Kier molecular flexibility index (Phi) is 6.66. The molecule has 37 heavy (non-hydrogen) atoms. The molecule has 2 aliphatic heterocycles. The minimum atomic E-state index is -3.95. The van der Waals surface area contributed by atoms with Crippen LogP contribution in [-0.2, 0) is 22.0 Å². The number of amides is 2. The summed E-state index contributed by atoms with van der Waals surface area (Å²) in [5.74, 6) is 0. The molecule has 2 aliphatic rings. The van der Waals surface area contributed by atoms with Crippen molar-refractivity contribution in [3.63, 3.8) is 0 Å². The van der Waals surface area contributed by atoms with Crippen LogP contribution in [0.25, 0.3) is 0 Å². The van der Waals surface area contributed by atoms with E-state index in [-0.39, 0.29) is 23.0 Å². The van der Waals surface area contributed by atoms with Crippen molar-refractivity contribution in [2.45, 2.75) is 36.1 Å². The maximum Gasteiger partial charge on any atom is 0.320 e. The smallest absolute Gasteiger partial charge is 0.320 e. The van der Waals surface area contributed by atoms with Gasteiger partial charge in [-0.05, 0) is 42.2 Å². The highest BCUT2D eigenvalue weighted by atomic mass is 32.2. The molecule has 0 aromatic heterocycles. The average Bonchev–Trinajstić information content (AvgIpc) is 3.24. The van der Waals surface area contributed by atoms with Crippen LogP contribution < -0.4 is 4.31 Å². The summed E-state index contributed by atoms with van der Waals surface area (Å²) in [6.07, 6.45) is -1.40. The van der Waals surface area contributed by atoms with Gasteiger partial charge in [0.25, 0.3) is 16.4 Å². The van der Waals surface area contributed by atoms with Crippen LogP contribution in [0, 0.1) is 0 Å². The Labute approximate surface area is 216 Å². The van der Waals surface area contributed by atoms with Crippen LogP contribution in [0.3, 0.4) is 0 Å². The topological polar surface area (TPSA) is 60.9 Å². The van der Waals surface area contributed by atoms with Crippen LogP contribution >= 0.6 is 0 Å². The number of fused-ring (bicyclic) bond motifs is 2. The van der Waals surface area contributed by atoms with E-state index >= 15 is 0 Å². The zero-order valence-corrected chi connectivity index (χ0v) is 21.4. The number of hydrogen-bond acceptors (Lipinski definition) is 3. The van der Waals surface area contributed by atoms with Gasteiger partial charge in [0.2, 0.25) is 0 Å². The number of piperidine rings is 1. The van der Waals surface area contributed by atoms with Crippen molar-refractivity contribution in [1.82, 2.24) is 9.80 Å². The molecule has 0 N–H and O–H groups in total. The lowest BCUT2D eigenvalue weighted by Crippen LogP contribution is -2.50. The van der Waals surface area contributed by atoms with E-state index < -0.39 is 21.9 Å². The number of carbonyl (C=O) groups excluding carboxylic acids is 1. The van der Waals surface area contributed by atoms with Gasteiger partial charge in [0.05, 0.1) is 10.6 Å².